The number of hydrogen-bond donors (Lipinski definition) is 0. The minimum atomic E-state index is 0.0122. The molecule has 120 valence electrons. The zero-order chi connectivity index (χ0) is 15.8. The monoisotopic (exact) mass is 311 g/mol. The van der Waals surface area contributed by atoms with Crippen molar-refractivity contribution in [1.82, 2.24) is 4.90 Å². The van der Waals surface area contributed by atoms with Crippen LogP contribution in [-0.4, -0.2) is 49.3 Å². The number of carbonyl (C=O) groups is 1. The van der Waals surface area contributed by atoms with E-state index in [4.69, 9.17) is 9.47 Å². The summed E-state index contributed by atoms with van der Waals surface area (Å²) in [7, 11) is 1.72. The van der Waals surface area contributed by atoms with Crippen molar-refractivity contribution in [2.24, 2.45) is 0 Å². The Morgan fingerprint density at radius 2 is 2.00 bits per heavy atom. The first kappa shape index (κ1) is 14.7. The van der Waals surface area contributed by atoms with Crippen LogP contribution in [-0.2, 0) is 9.47 Å². The lowest BCUT2D eigenvalue weighted by molar-refractivity contribution is -0.0946. The van der Waals surface area contributed by atoms with Crippen LogP contribution >= 0.6 is 0 Å². The largest absolute Gasteiger partial charge is 0.379 e. The molecule has 0 unspecified atom stereocenters. The van der Waals surface area contributed by atoms with Crippen LogP contribution in [0, 0.1) is 0 Å². The second-order valence-corrected chi connectivity index (χ2v) is 6.31. The highest BCUT2D eigenvalue weighted by Crippen LogP contribution is 2.32. The molecule has 2 aromatic carbocycles. The Kier molecular flexibility index (Phi) is 3.79. The van der Waals surface area contributed by atoms with Gasteiger partial charge in [-0.3, -0.25) is 4.79 Å². The number of fused-ring (bicyclic) bond motifs is 2. The number of nitrogens with zero attached hydrogens (tertiary/aromatic N) is 1. The normalized spacial score (nSPS) is 27.2. The fourth-order valence-electron chi connectivity index (χ4n) is 3.91. The second-order valence-electron chi connectivity index (χ2n) is 6.31. The molecule has 1 amide bonds. The molecule has 0 N–H and O–H groups in total. The summed E-state index contributed by atoms with van der Waals surface area (Å²) in [5.74, 6) is 0.103. The molecule has 2 aliphatic rings. The summed E-state index contributed by atoms with van der Waals surface area (Å²) in [4.78, 5) is 15.0. The molecule has 4 rings (SSSR count). The first-order chi connectivity index (χ1) is 11.3. The molecule has 1 saturated heterocycles. The molecular weight excluding hydrogens is 290 g/mol. The summed E-state index contributed by atoms with van der Waals surface area (Å²) in [6, 6.07) is 14.2. The van der Waals surface area contributed by atoms with Gasteiger partial charge in [0.25, 0.3) is 5.91 Å². The smallest absolute Gasteiger partial charge is 0.254 e. The average Bonchev–Trinajstić information content (AvgIpc) is 3.04. The maximum atomic E-state index is 13.0. The van der Waals surface area contributed by atoms with Crippen LogP contribution in [0.25, 0.3) is 10.8 Å². The highest BCUT2D eigenvalue weighted by atomic mass is 16.5. The number of carbonyl (C=O) groups excluding carboxylic acids is 1. The van der Waals surface area contributed by atoms with Gasteiger partial charge in [-0.15, -0.1) is 0 Å². The number of methoxy groups -OCH3 is 1. The molecule has 1 aliphatic carbocycles. The molecular formula is C19H21NO3. The van der Waals surface area contributed by atoms with Gasteiger partial charge < -0.3 is 14.4 Å². The highest BCUT2D eigenvalue weighted by Gasteiger charge is 2.44. The van der Waals surface area contributed by atoms with Crippen LogP contribution in [0.2, 0.25) is 0 Å². The van der Waals surface area contributed by atoms with Crippen molar-refractivity contribution >= 4 is 16.7 Å². The molecule has 4 heteroatoms. The van der Waals surface area contributed by atoms with E-state index in [0.717, 1.165) is 29.2 Å². The maximum absolute atomic E-state index is 13.0. The molecule has 3 atom stereocenters. The Bertz CT molecular complexity index is 729. The van der Waals surface area contributed by atoms with Gasteiger partial charge in [0.15, 0.2) is 0 Å². The van der Waals surface area contributed by atoms with Crippen molar-refractivity contribution in [2.75, 3.05) is 20.3 Å². The first-order valence-electron chi connectivity index (χ1n) is 8.22. The summed E-state index contributed by atoms with van der Waals surface area (Å²) in [6.07, 6.45) is 2.01. The Morgan fingerprint density at radius 3 is 2.83 bits per heavy atom. The maximum Gasteiger partial charge on any atom is 0.254 e. The van der Waals surface area contributed by atoms with Crippen molar-refractivity contribution in [3.63, 3.8) is 0 Å². The van der Waals surface area contributed by atoms with E-state index in [0.29, 0.717) is 13.2 Å². The van der Waals surface area contributed by atoms with Gasteiger partial charge in [-0.25, -0.2) is 0 Å². The second kappa shape index (κ2) is 5.95. The van der Waals surface area contributed by atoms with E-state index in [1.54, 1.807) is 7.11 Å². The first-order valence-corrected chi connectivity index (χ1v) is 8.22. The average molecular weight is 311 g/mol. The molecule has 1 aliphatic heterocycles. The van der Waals surface area contributed by atoms with Gasteiger partial charge in [0.1, 0.15) is 6.10 Å². The molecule has 1 saturated carbocycles. The molecule has 23 heavy (non-hydrogen) atoms. The van der Waals surface area contributed by atoms with E-state index in [1.165, 1.54) is 0 Å². The van der Waals surface area contributed by atoms with Crippen LogP contribution in [0.5, 0.6) is 0 Å². The third-order valence-electron chi connectivity index (χ3n) is 5.10. The molecule has 2 aromatic rings. The molecule has 0 bridgehead atoms. The van der Waals surface area contributed by atoms with Crippen LogP contribution in [0.1, 0.15) is 23.2 Å². The lowest BCUT2D eigenvalue weighted by Gasteiger charge is -2.39. The molecule has 0 aromatic heterocycles. The molecule has 4 nitrogen and oxygen atoms in total. The lowest BCUT2D eigenvalue weighted by Crippen LogP contribution is -2.53. The van der Waals surface area contributed by atoms with E-state index in [-0.39, 0.29) is 24.2 Å². The zero-order valence-corrected chi connectivity index (χ0v) is 13.3. The summed E-state index contributed by atoms with van der Waals surface area (Å²) in [5, 5.41) is 2.26. The molecule has 0 spiro atoms. The van der Waals surface area contributed by atoms with Gasteiger partial charge in [-0.1, -0.05) is 30.3 Å². The van der Waals surface area contributed by atoms with E-state index >= 15 is 0 Å². The molecule has 0 radical (unpaired) electrons. The zero-order valence-electron chi connectivity index (χ0n) is 13.3. The number of amides is 1. The Hall–Kier alpha value is -1.91. The van der Waals surface area contributed by atoms with Crippen molar-refractivity contribution < 1.29 is 14.3 Å². The predicted molar refractivity (Wildman–Crippen MR) is 88.5 cm³/mol. The van der Waals surface area contributed by atoms with E-state index in [2.05, 4.69) is 6.07 Å². The molecule has 2 fully saturated rings. The number of rotatable bonds is 2. The van der Waals surface area contributed by atoms with Crippen molar-refractivity contribution in [3.8, 4) is 0 Å². The van der Waals surface area contributed by atoms with E-state index in [1.807, 2.05) is 41.3 Å². The van der Waals surface area contributed by atoms with Crippen LogP contribution < -0.4 is 0 Å². The van der Waals surface area contributed by atoms with Gasteiger partial charge in [-0.05, 0) is 35.7 Å². The minimum Gasteiger partial charge on any atom is -0.379 e. The number of benzene rings is 2. The van der Waals surface area contributed by atoms with Crippen LogP contribution in [0.4, 0.5) is 0 Å². The third kappa shape index (κ3) is 2.52. The minimum absolute atomic E-state index is 0.0122. The lowest BCUT2D eigenvalue weighted by atomic mass is 10.0. The standard InChI is InChI=1S/C19H21NO3/c1-22-17-9-8-16-18(17)23-11-10-20(16)19(21)15-7-6-13-4-2-3-5-14(13)12-15/h2-7,12,16-18H,8-11H2,1H3/t16-,17-,18+/m1/s1. The highest BCUT2D eigenvalue weighted by molar-refractivity contribution is 5.98. The van der Waals surface area contributed by atoms with Crippen molar-refractivity contribution in [1.29, 1.82) is 0 Å². The molecule has 1 heterocycles. The quantitative estimate of drug-likeness (QED) is 0.856. The number of ether oxygens (including phenoxy) is 2. The van der Waals surface area contributed by atoms with Gasteiger partial charge in [0.05, 0.1) is 18.8 Å². The van der Waals surface area contributed by atoms with Gasteiger partial charge in [0.2, 0.25) is 0 Å². The van der Waals surface area contributed by atoms with Gasteiger partial charge in [-0.2, -0.15) is 0 Å². The number of hydrogen-bond acceptors (Lipinski definition) is 3. The topological polar surface area (TPSA) is 38.8 Å². The summed E-state index contributed by atoms with van der Waals surface area (Å²) >= 11 is 0. The van der Waals surface area contributed by atoms with Crippen LogP contribution in [0.15, 0.2) is 42.5 Å². The van der Waals surface area contributed by atoms with Crippen molar-refractivity contribution in [3.05, 3.63) is 48.0 Å². The van der Waals surface area contributed by atoms with E-state index in [9.17, 15) is 4.79 Å². The van der Waals surface area contributed by atoms with Crippen molar-refractivity contribution in [2.45, 2.75) is 31.1 Å². The Labute approximate surface area is 136 Å². The van der Waals surface area contributed by atoms with Crippen LogP contribution in [0.3, 0.4) is 0 Å². The predicted octanol–water partition coefficient (Wildman–Crippen LogP) is 2.86. The summed E-state index contributed by atoms with van der Waals surface area (Å²) in [5.41, 5.74) is 0.755. The summed E-state index contributed by atoms with van der Waals surface area (Å²) < 4.78 is 11.4. The summed E-state index contributed by atoms with van der Waals surface area (Å²) in [6.45, 7) is 1.24. The third-order valence-corrected chi connectivity index (χ3v) is 5.10. The SMILES string of the molecule is CO[C@@H]1CC[C@@H]2[C@@H]1OCCN2C(=O)c1ccc2ccccc2c1. The fraction of sp³-hybridized carbons (Fsp3) is 0.421. The van der Waals surface area contributed by atoms with Gasteiger partial charge in [0, 0.05) is 19.2 Å². The van der Waals surface area contributed by atoms with E-state index < -0.39 is 0 Å². The fourth-order valence-corrected chi connectivity index (χ4v) is 3.91. The Balaban J connectivity index is 1.62. The Morgan fingerprint density at radius 1 is 1.17 bits per heavy atom. The van der Waals surface area contributed by atoms with Gasteiger partial charge >= 0.3 is 0 Å². The number of morpholine rings is 1.